The maximum atomic E-state index is 11.9. The molecule has 1 aromatic rings. The highest BCUT2D eigenvalue weighted by molar-refractivity contribution is 5.90. The SMILES string of the molecule is NC(=O)C(NC(=O)CN1CCCC1=O)c1ccccc1. The topological polar surface area (TPSA) is 92.5 Å². The zero-order valence-electron chi connectivity index (χ0n) is 11.0. The van der Waals surface area contributed by atoms with Crippen LogP contribution < -0.4 is 11.1 Å². The molecule has 6 nitrogen and oxygen atoms in total. The van der Waals surface area contributed by atoms with E-state index in [1.165, 1.54) is 4.90 Å². The van der Waals surface area contributed by atoms with Gasteiger partial charge >= 0.3 is 0 Å². The molecule has 0 bridgehead atoms. The maximum absolute atomic E-state index is 11.9. The molecule has 20 heavy (non-hydrogen) atoms. The Morgan fingerprint density at radius 3 is 2.55 bits per heavy atom. The summed E-state index contributed by atoms with van der Waals surface area (Å²) in [5.74, 6) is -1.04. The molecule has 1 unspecified atom stereocenters. The highest BCUT2D eigenvalue weighted by atomic mass is 16.2. The molecule has 6 heteroatoms. The van der Waals surface area contributed by atoms with E-state index in [9.17, 15) is 14.4 Å². The molecule has 3 amide bonds. The van der Waals surface area contributed by atoms with Crippen LogP contribution in [-0.2, 0) is 14.4 Å². The number of nitrogens with zero attached hydrogens (tertiary/aromatic N) is 1. The van der Waals surface area contributed by atoms with E-state index >= 15 is 0 Å². The van der Waals surface area contributed by atoms with Gasteiger partial charge in [-0.2, -0.15) is 0 Å². The average Bonchev–Trinajstić information content (AvgIpc) is 2.82. The first-order chi connectivity index (χ1) is 9.58. The van der Waals surface area contributed by atoms with Gasteiger partial charge in [-0.05, 0) is 12.0 Å². The number of rotatable bonds is 5. The van der Waals surface area contributed by atoms with Crippen LogP contribution in [0.4, 0.5) is 0 Å². The summed E-state index contributed by atoms with van der Waals surface area (Å²) in [6.07, 6.45) is 1.25. The zero-order chi connectivity index (χ0) is 14.5. The lowest BCUT2D eigenvalue weighted by atomic mass is 10.1. The summed E-state index contributed by atoms with van der Waals surface area (Å²) in [6.45, 7) is 0.550. The maximum Gasteiger partial charge on any atom is 0.244 e. The predicted octanol–water partition coefficient (Wildman–Crippen LogP) is -0.0484. The number of benzene rings is 1. The fourth-order valence-electron chi connectivity index (χ4n) is 2.22. The van der Waals surface area contributed by atoms with Crippen LogP contribution in [0.25, 0.3) is 0 Å². The molecule has 3 N–H and O–H groups in total. The van der Waals surface area contributed by atoms with Crippen LogP contribution in [0.5, 0.6) is 0 Å². The third kappa shape index (κ3) is 3.34. The normalized spacial score (nSPS) is 16.0. The van der Waals surface area contributed by atoms with Crippen molar-refractivity contribution >= 4 is 17.7 Å². The van der Waals surface area contributed by atoms with E-state index < -0.39 is 11.9 Å². The molecule has 2 rings (SSSR count). The number of hydrogen-bond acceptors (Lipinski definition) is 3. The molecule has 0 aromatic heterocycles. The van der Waals surface area contributed by atoms with Crippen LogP contribution in [0.15, 0.2) is 30.3 Å². The fourth-order valence-corrected chi connectivity index (χ4v) is 2.22. The summed E-state index contributed by atoms with van der Waals surface area (Å²) < 4.78 is 0. The quantitative estimate of drug-likeness (QED) is 0.789. The van der Waals surface area contributed by atoms with Crippen molar-refractivity contribution in [3.8, 4) is 0 Å². The smallest absolute Gasteiger partial charge is 0.244 e. The van der Waals surface area contributed by atoms with Crippen molar-refractivity contribution in [2.45, 2.75) is 18.9 Å². The number of nitrogens with two attached hydrogens (primary N) is 1. The lowest BCUT2D eigenvalue weighted by Crippen LogP contribution is -2.43. The minimum absolute atomic E-state index is 0.0320. The molecule has 106 valence electrons. The molecule has 0 radical (unpaired) electrons. The second-order valence-electron chi connectivity index (χ2n) is 4.73. The van der Waals surface area contributed by atoms with Gasteiger partial charge in [-0.1, -0.05) is 30.3 Å². The van der Waals surface area contributed by atoms with Gasteiger partial charge in [0.2, 0.25) is 17.7 Å². The first kappa shape index (κ1) is 14.0. The molecular weight excluding hydrogens is 258 g/mol. The number of likely N-dealkylation sites (tertiary alicyclic amines) is 1. The monoisotopic (exact) mass is 275 g/mol. The van der Waals surface area contributed by atoms with Crippen LogP contribution in [0.1, 0.15) is 24.4 Å². The van der Waals surface area contributed by atoms with Gasteiger partial charge in [0.15, 0.2) is 0 Å². The number of nitrogens with one attached hydrogen (secondary N) is 1. The number of carbonyl (C=O) groups excluding carboxylic acids is 3. The number of hydrogen-bond donors (Lipinski definition) is 2. The number of primary amides is 1. The van der Waals surface area contributed by atoms with Gasteiger partial charge in [-0.25, -0.2) is 0 Å². The molecular formula is C14H17N3O3. The molecule has 0 saturated carbocycles. The van der Waals surface area contributed by atoms with Crippen LogP contribution in [-0.4, -0.2) is 35.7 Å². The molecule has 1 aromatic carbocycles. The summed E-state index contributed by atoms with van der Waals surface area (Å²) >= 11 is 0. The Kier molecular flexibility index (Phi) is 4.34. The summed E-state index contributed by atoms with van der Waals surface area (Å²) in [7, 11) is 0. The van der Waals surface area contributed by atoms with E-state index in [0.717, 1.165) is 6.42 Å². The first-order valence-corrected chi connectivity index (χ1v) is 6.49. The summed E-state index contributed by atoms with van der Waals surface area (Å²) in [5.41, 5.74) is 5.94. The lowest BCUT2D eigenvalue weighted by molar-refractivity contribution is -0.134. The van der Waals surface area contributed by atoms with Crippen LogP contribution in [0, 0.1) is 0 Å². The van der Waals surface area contributed by atoms with Gasteiger partial charge in [-0.3, -0.25) is 14.4 Å². The lowest BCUT2D eigenvalue weighted by Gasteiger charge is -2.19. The van der Waals surface area contributed by atoms with E-state index in [1.54, 1.807) is 24.3 Å². The van der Waals surface area contributed by atoms with Crippen LogP contribution in [0.2, 0.25) is 0 Å². The van der Waals surface area contributed by atoms with Crippen LogP contribution >= 0.6 is 0 Å². The van der Waals surface area contributed by atoms with E-state index in [-0.39, 0.29) is 18.4 Å². The molecule has 1 aliphatic heterocycles. The van der Waals surface area contributed by atoms with Gasteiger partial charge in [0.1, 0.15) is 6.04 Å². The third-order valence-electron chi connectivity index (χ3n) is 3.23. The average molecular weight is 275 g/mol. The van der Waals surface area contributed by atoms with Crippen molar-refractivity contribution in [1.82, 2.24) is 10.2 Å². The molecule has 0 aliphatic carbocycles. The highest BCUT2D eigenvalue weighted by Gasteiger charge is 2.25. The van der Waals surface area contributed by atoms with Crippen molar-refractivity contribution < 1.29 is 14.4 Å². The van der Waals surface area contributed by atoms with Crippen molar-refractivity contribution in [3.05, 3.63) is 35.9 Å². The Balaban J connectivity index is 2.00. The van der Waals surface area contributed by atoms with Gasteiger partial charge in [0.25, 0.3) is 0 Å². The molecule has 1 fully saturated rings. The second-order valence-corrected chi connectivity index (χ2v) is 4.73. The summed E-state index contributed by atoms with van der Waals surface area (Å²) in [6, 6.07) is 7.91. The largest absolute Gasteiger partial charge is 0.368 e. The predicted molar refractivity (Wildman–Crippen MR) is 72.3 cm³/mol. The highest BCUT2D eigenvalue weighted by Crippen LogP contribution is 2.13. The van der Waals surface area contributed by atoms with E-state index in [2.05, 4.69) is 5.32 Å². The Morgan fingerprint density at radius 1 is 1.30 bits per heavy atom. The van der Waals surface area contributed by atoms with E-state index in [1.807, 2.05) is 6.07 Å². The van der Waals surface area contributed by atoms with E-state index in [0.29, 0.717) is 18.5 Å². The standard InChI is InChI=1S/C14H17N3O3/c15-14(20)13(10-5-2-1-3-6-10)16-11(18)9-17-8-4-7-12(17)19/h1-3,5-6,13H,4,7-9H2,(H2,15,20)(H,16,18). The second kappa shape index (κ2) is 6.18. The molecule has 1 aliphatic rings. The number of amides is 3. The Hall–Kier alpha value is -2.37. The van der Waals surface area contributed by atoms with Crippen LogP contribution in [0.3, 0.4) is 0 Å². The third-order valence-corrected chi connectivity index (χ3v) is 3.23. The van der Waals surface area contributed by atoms with Crippen molar-refractivity contribution in [2.75, 3.05) is 13.1 Å². The zero-order valence-corrected chi connectivity index (χ0v) is 11.0. The molecule has 1 atom stereocenters. The Bertz CT molecular complexity index is 516. The summed E-state index contributed by atoms with van der Waals surface area (Å²) in [4.78, 5) is 36.3. The van der Waals surface area contributed by atoms with Crippen molar-refractivity contribution in [2.24, 2.45) is 5.73 Å². The summed E-state index contributed by atoms with van der Waals surface area (Å²) in [5, 5.41) is 2.57. The van der Waals surface area contributed by atoms with Gasteiger partial charge in [0, 0.05) is 13.0 Å². The molecule has 1 saturated heterocycles. The molecule has 1 heterocycles. The fraction of sp³-hybridized carbons (Fsp3) is 0.357. The van der Waals surface area contributed by atoms with Gasteiger partial charge in [-0.15, -0.1) is 0 Å². The molecule has 0 spiro atoms. The number of carbonyl (C=O) groups is 3. The Morgan fingerprint density at radius 2 is 2.00 bits per heavy atom. The van der Waals surface area contributed by atoms with E-state index in [4.69, 9.17) is 5.73 Å². The van der Waals surface area contributed by atoms with Crippen molar-refractivity contribution in [1.29, 1.82) is 0 Å². The minimum Gasteiger partial charge on any atom is -0.368 e. The van der Waals surface area contributed by atoms with Gasteiger partial charge < -0.3 is 16.0 Å². The minimum atomic E-state index is -0.874. The first-order valence-electron chi connectivity index (χ1n) is 6.49. The van der Waals surface area contributed by atoms with Crippen molar-refractivity contribution in [3.63, 3.8) is 0 Å². The van der Waals surface area contributed by atoms with Gasteiger partial charge in [0.05, 0.1) is 6.54 Å². The Labute approximate surface area is 116 Å².